The molecule has 1 amide bonds. The van der Waals surface area contributed by atoms with Gasteiger partial charge in [-0.25, -0.2) is 4.39 Å². The Bertz CT molecular complexity index is 831. The van der Waals surface area contributed by atoms with Gasteiger partial charge in [0, 0.05) is 18.5 Å². The first-order chi connectivity index (χ1) is 13.0. The molecule has 1 aliphatic rings. The van der Waals surface area contributed by atoms with Crippen LogP contribution in [0.5, 0.6) is 11.5 Å². The van der Waals surface area contributed by atoms with E-state index in [0.29, 0.717) is 12.2 Å². The molecule has 2 atom stereocenters. The topological polar surface area (TPSA) is 52.0 Å². The number of methoxy groups -OCH3 is 2. The lowest BCUT2D eigenvalue weighted by Gasteiger charge is -2.23. The van der Waals surface area contributed by atoms with Gasteiger partial charge in [-0.05, 0) is 36.4 Å². The summed E-state index contributed by atoms with van der Waals surface area (Å²) in [7, 11) is 3.27. The van der Waals surface area contributed by atoms with Crippen molar-refractivity contribution in [2.45, 2.75) is 18.9 Å². The Morgan fingerprint density at radius 2 is 2.07 bits per heavy atom. The third-order valence-corrected chi connectivity index (χ3v) is 5.18. The summed E-state index contributed by atoms with van der Waals surface area (Å²) in [6.45, 7) is 1.20. The molecule has 0 bridgehead atoms. The number of rotatable bonds is 6. The van der Waals surface area contributed by atoms with Gasteiger partial charge in [-0.3, -0.25) is 4.79 Å². The normalized spacial score (nSPS) is 19.0. The minimum absolute atomic E-state index is 0.0136. The standard InChI is InChI=1S/C20H22ClFN2O3/c1-26-14-6-8-19(27-2)15(11-14)18-4-3-9-24(18)12-20(25)23-13-5-7-17(22)16(21)10-13/h5-8,10-11,18H,3-4,9,12H2,1-2H3,(H,23,25)/p+1/t18-/m1/s1. The largest absolute Gasteiger partial charge is 0.497 e. The number of nitrogens with one attached hydrogen (secondary N) is 2. The lowest BCUT2D eigenvalue weighted by molar-refractivity contribution is -0.910. The van der Waals surface area contributed by atoms with Crippen molar-refractivity contribution in [2.24, 2.45) is 0 Å². The number of benzene rings is 2. The Morgan fingerprint density at radius 3 is 2.78 bits per heavy atom. The zero-order chi connectivity index (χ0) is 19.4. The van der Waals surface area contributed by atoms with E-state index >= 15 is 0 Å². The molecule has 1 saturated heterocycles. The van der Waals surface area contributed by atoms with Crippen molar-refractivity contribution in [1.29, 1.82) is 0 Å². The van der Waals surface area contributed by atoms with Crippen LogP contribution in [0.1, 0.15) is 24.4 Å². The quantitative estimate of drug-likeness (QED) is 0.793. The summed E-state index contributed by atoms with van der Waals surface area (Å²) in [5.74, 6) is 0.917. The summed E-state index contributed by atoms with van der Waals surface area (Å²) in [6, 6.07) is 10.0. The van der Waals surface area contributed by atoms with Crippen molar-refractivity contribution in [3.63, 3.8) is 0 Å². The molecule has 0 aliphatic carbocycles. The Kier molecular flexibility index (Phi) is 6.19. The Hall–Kier alpha value is -2.31. The maximum atomic E-state index is 13.3. The highest BCUT2D eigenvalue weighted by atomic mass is 35.5. The van der Waals surface area contributed by atoms with Gasteiger partial charge >= 0.3 is 0 Å². The van der Waals surface area contributed by atoms with Gasteiger partial charge in [0.25, 0.3) is 5.91 Å². The molecule has 2 aromatic carbocycles. The third kappa shape index (κ3) is 4.51. The first kappa shape index (κ1) is 19.5. The molecule has 1 unspecified atom stereocenters. The minimum atomic E-state index is -0.509. The van der Waals surface area contributed by atoms with Gasteiger partial charge in [-0.1, -0.05) is 11.6 Å². The van der Waals surface area contributed by atoms with E-state index < -0.39 is 5.82 Å². The van der Waals surface area contributed by atoms with Gasteiger partial charge in [-0.15, -0.1) is 0 Å². The molecule has 5 nitrogen and oxygen atoms in total. The monoisotopic (exact) mass is 393 g/mol. The van der Waals surface area contributed by atoms with Crippen LogP contribution in [0.15, 0.2) is 36.4 Å². The molecule has 0 spiro atoms. The lowest BCUT2D eigenvalue weighted by Crippen LogP contribution is -3.11. The predicted octanol–water partition coefficient (Wildman–Crippen LogP) is 2.85. The van der Waals surface area contributed by atoms with E-state index in [0.717, 1.165) is 41.3 Å². The molecule has 27 heavy (non-hydrogen) atoms. The van der Waals surface area contributed by atoms with E-state index in [9.17, 15) is 9.18 Å². The van der Waals surface area contributed by atoms with E-state index in [1.165, 1.54) is 18.2 Å². The molecule has 2 N–H and O–H groups in total. The number of hydrogen-bond donors (Lipinski definition) is 2. The summed E-state index contributed by atoms with van der Waals surface area (Å²) < 4.78 is 24.1. The molecular weight excluding hydrogens is 371 g/mol. The van der Waals surface area contributed by atoms with Crippen LogP contribution >= 0.6 is 11.6 Å². The minimum Gasteiger partial charge on any atom is -0.497 e. The van der Waals surface area contributed by atoms with Crippen molar-refractivity contribution in [3.05, 3.63) is 52.8 Å². The average molecular weight is 394 g/mol. The predicted molar refractivity (Wildman–Crippen MR) is 102 cm³/mol. The molecule has 1 aliphatic heterocycles. The number of hydrogen-bond acceptors (Lipinski definition) is 3. The van der Waals surface area contributed by atoms with Gasteiger partial charge in [0.05, 0.1) is 31.4 Å². The van der Waals surface area contributed by atoms with Crippen molar-refractivity contribution >= 4 is 23.2 Å². The Morgan fingerprint density at radius 1 is 1.26 bits per heavy atom. The molecule has 0 radical (unpaired) electrons. The van der Waals surface area contributed by atoms with Crippen molar-refractivity contribution in [2.75, 3.05) is 32.6 Å². The number of carbonyl (C=O) groups is 1. The van der Waals surface area contributed by atoms with E-state index in [2.05, 4.69) is 5.32 Å². The van der Waals surface area contributed by atoms with Crippen LogP contribution in [-0.4, -0.2) is 33.2 Å². The SMILES string of the molecule is COc1ccc(OC)c([C@H]2CCC[NH+]2CC(=O)Nc2ccc(F)c(Cl)c2)c1. The molecule has 1 fully saturated rings. The summed E-state index contributed by atoms with van der Waals surface area (Å²) in [5.41, 5.74) is 1.53. The maximum absolute atomic E-state index is 13.3. The van der Waals surface area contributed by atoms with Gasteiger partial charge in [0.2, 0.25) is 0 Å². The van der Waals surface area contributed by atoms with Crippen LogP contribution < -0.4 is 19.7 Å². The second-order valence-corrected chi connectivity index (χ2v) is 6.97. The highest BCUT2D eigenvalue weighted by Crippen LogP contribution is 2.31. The van der Waals surface area contributed by atoms with Crippen LogP contribution in [0, 0.1) is 5.82 Å². The molecular formula is C20H23ClFN2O3+. The molecule has 7 heteroatoms. The number of ether oxygens (including phenoxy) is 2. The first-order valence-corrected chi connectivity index (χ1v) is 9.21. The zero-order valence-corrected chi connectivity index (χ0v) is 16.1. The molecule has 0 saturated carbocycles. The van der Waals surface area contributed by atoms with Gasteiger partial charge in [0.15, 0.2) is 6.54 Å². The highest BCUT2D eigenvalue weighted by molar-refractivity contribution is 6.31. The van der Waals surface area contributed by atoms with E-state index in [4.69, 9.17) is 21.1 Å². The van der Waals surface area contributed by atoms with Crippen molar-refractivity contribution in [3.8, 4) is 11.5 Å². The Labute approximate surface area is 163 Å². The van der Waals surface area contributed by atoms with Crippen molar-refractivity contribution < 1.29 is 23.6 Å². The van der Waals surface area contributed by atoms with E-state index in [1.807, 2.05) is 18.2 Å². The fourth-order valence-electron chi connectivity index (χ4n) is 3.60. The summed E-state index contributed by atoms with van der Waals surface area (Å²) >= 11 is 5.78. The zero-order valence-electron chi connectivity index (χ0n) is 15.4. The number of likely N-dealkylation sites (tertiary alicyclic amines) is 1. The molecule has 144 valence electrons. The van der Waals surface area contributed by atoms with Crippen LogP contribution in [0.2, 0.25) is 5.02 Å². The summed E-state index contributed by atoms with van der Waals surface area (Å²) in [6.07, 6.45) is 1.99. The second kappa shape index (κ2) is 8.59. The number of amides is 1. The summed E-state index contributed by atoms with van der Waals surface area (Å²) in [4.78, 5) is 13.7. The number of halogens is 2. The maximum Gasteiger partial charge on any atom is 0.279 e. The highest BCUT2D eigenvalue weighted by Gasteiger charge is 2.34. The van der Waals surface area contributed by atoms with E-state index in [-0.39, 0.29) is 17.0 Å². The Balaban J connectivity index is 1.73. The molecule has 0 aromatic heterocycles. The van der Waals surface area contributed by atoms with Crippen LogP contribution in [-0.2, 0) is 4.79 Å². The molecule has 3 rings (SSSR count). The number of anilines is 1. The fraction of sp³-hybridized carbons (Fsp3) is 0.350. The van der Waals surface area contributed by atoms with Gasteiger partial charge in [0.1, 0.15) is 23.4 Å². The molecule has 2 aromatic rings. The number of carbonyl (C=O) groups excluding carboxylic acids is 1. The first-order valence-electron chi connectivity index (χ1n) is 8.83. The van der Waals surface area contributed by atoms with Crippen molar-refractivity contribution in [1.82, 2.24) is 0 Å². The lowest BCUT2D eigenvalue weighted by atomic mass is 10.0. The van der Waals surface area contributed by atoms with Crippen LogP contribution in [0.3, 0.4) is 0 Å². The number of quaternary nitrogens is 1. The fourth-order valence-corrected chi connectivity index (χ4v) is 3.78. The molecule has 1 heterocycles. The van der Waals surface area contributed by atoms with Gasteiger partial charge in [-0.2, -0.15) is 0 Å². The van der Waals surface area contributed by atoms with Crippen LogP contribution in [0.4, 0.5) is 10.1 Å². The van der Waals surface area contributed by atoms with Crippen LogP contribution in [0.25, 0.3) is 0 Å². The average Bonchev–Trinajstić information content (AvgIpc) is 3.11. The smallest absolute Gasteiger partial charge is 0.279 e. The second-order valence-electron chi connectivity index (χ2n) is 6.56. The third-order valence-electron chi connectivity index (χ3n) is 4.89. The van der Waals surface area contributed by atoms with Gasteiger partial charge < -0.3 is 19.7 Å². The summed E-state index contributed by atoms with van der Waals surface area (Å²) in [5, 5.41) is 2.78. The van der Waals surface area contributed by atoms with E-state index in [1.54, 1.807) is 14.2 Å².